The van der Waals surface area contributed by atoms with Crippen molar-refractivity contribution in [2.75, 3.05) is 7.11 Å². The van der Waals surface area contributed by atoms with Gasteiger partial charge in [0.05, 0.1) is 30.9 Å². The monoisotopic (exact) mass is 446 g/mol. The van der Waals surface area contributed by atoms with Crippen LogP contribution in [0.3, 0.4) is 0 Å². The van der Waals surface area contributed by atoms with Gasteiger partial charge in [-0.1, -0.05) is 12.1 Å². The minimum Gasteiger partial charge on any atom is -0.465 e. The minimum atomic E-state index is -4.72. The second kappa shape index (κ2) is 7.77. The highest BCUT2D eigenvalue weighted by Gasteiger charge is 2.38. The van der Waals surface area contributed by atoms with Gasteiger partial charge in [0.25, 0.3) is 0 Å². The highest BCUT2D eigenvalue weighted by molar-refractivity contribution is 5.90. The lowest BCUT2D eigenvalue weighted by atomic mass is 9.99. The van der Waals surface area contributed by atoms with E-state index in [9.17, 15) is 22.4 Å². The number of alkyl halides is 3. The molecule has 0 spiro atoms. The molecule has 10 heteroatoms. The van der Waals surface area contributed by atoms with Crippen molar-refractivity contribution in [1.29, 1.82) is 0 Å². The predicted octanol–water partition coefficient (Wildman–Crippen LogP) is 4.74. The first-order chi connectivity index (χ1) is 15.1. The number of ether oxygens (including phenoxy) is 1. The third-order valence-electron chi connectivity index (χ3n) is 5.23. The summed E-state index contributed by atoms with van der Waals surface area (Å²) in [5.74, 6) is -1.74. The molecule has 2 aromatic carbocycles. The summed E-state index contributed by atoms with van der Waals surface area (Å²) in [6.07, 6.45) is -1.85. The van der Waals surface area contributed by atoms with Crippen molar-refractivity contribution in [3.8, 4) is 11.1 Å². The Hall–Kier alpha value is -3.69. The largest absolute Gasteiger partial charge is 0.465 e. The molecule has 0 amide bonds. The normalized spacial score (nSPS) is 11.8. The Kier molecular flexibility index (Phi) is 5.23. The van der Waals surface area contributed by atoms with E-state index in [1.807, 2.05) is 0 Å². The van der Waals surface area contributed by atoms with E-state index >= 15 is 0 Å². The molecule has 32 heavy (non-hydrogen) atoms. The van der Waals surface area contributed by atoms with Gasteiger partial charge in [0.15, 0.2) is 5.69 Å². The predicted molar refractivity (Wildman–Crippen MR) is 109 cm³/mol. The second-order valence-corrected chi connectivity index (χ2v) is 7.35. The second-order valence-electron chi connectivity index (χ2n) is 7.35. The average Bonchev–Trinajstić information content (AvgIpc) is 3.32. The Morgan fingerprint density at radius 2 is 1.94 bits per heavy atom. The Labute approximate surface area is 180 Å². The zero-order chi connectivity index (χ0) is 23.2. The SMILES string of the molecule is COC(=O)c1cccc(Cn2cc(-c3cc4c(cnn4C)cc3C)c(C(F)(F)F)n2)c1F. The first-order valence-electron chi connectivity index (χ1n) is 9.53. The fourth-order valence-corrected chi connectivity index (χ4v) is 3.66. The molecule has 0 unspecified atom stereocenters. The molecule has 0 saturated carbocycles. The van der Waals surface area contributed by atoms with Gasteiger partial charge in [0.1, 0.15) is 5.82 Å². The van der Waals surface area contributed by atoms with Crippen molar-refractivity contribution >= 4 is 16.9 Å². The van der Waals surface area contributed by atoms with Gasteiger partial charge in [0, 0.05) is 29.8 Å². The summed E-state index contributed by atoms with van der Waals surface area (Å²) in [5, 5.41) is 8.65. The summed E-state index contributed by atoms with van der Waals surface area (Å²) in [6, 6.07) is 7.44. The molecule has 2 heterocycles. The number of carbonyl (C=O) groups excluding carboxylic acids is 1. The highest BCUT2D eigenvalue weighted by atomic mass is 19.4. The lowest BCUT2D eigenvalue weighted by Gasteiger charge is -2.09. The van der Waals surface area contributed by atoms with Gasteiger partial charge in [-0.3, -0.25) is 9.36 Å². The summed E-state index contributed by atoms with van der Waals surface area (Å²) < 4.78 is 63.3. The van der Waals surface area contributed by atoms with E-state index in [0.29, 0.717) is 16.6 Å². The van der Waals surface area contributed by atoms with Crippen LogP contribution in [0.15, 0.2) is 42.7 Å². The highest BCUT2D eigenvalue weighted by Crippen LogP contribution is 2.38. The van der Waals surface area contributed by atoms with E-state index in [1.54, 1.807) is 37.0 Å². The molecular formula is C22H18F4N4O2. The molecule has 166 valence electrons. The molecular weight excluding hydrogens is 428 g/mol. The third-order valence-corrected chi connectivity index (χ3v) is 5.23. The number of fused-ring (bicyclic) bond motifs is 1. The molecule has 0 bridgehead atoms. The lowest BCUT2D eigenvalue weighted by molar-refractivity contribution is -0.141. The van der Waals surface area contributed by atoms with Crippen molar-refractivity contribution < 1.29 is 27.1 Å². The maximum Gasteiger partial charge on any atom is 0.435 e. The van der Waals surface area contributed by atoms with Crippen LogP contribution in [0.2, 0.25) is 0 Å². The van der Waals surface area contributed by atoms with E-state index in [2.05, 4.69) is 14.9 Å². The van der Waals surface area contributed by atoms with E-state index in [4.69, 9.17) is 0 Å². The third kappa shape index (κ3) is 3.72. The van der Waals surface area contributed by atoms with E-state index in [0.717, 1.165) is 17.2 Å². The van der Waals surface area contributed by atoms with Gasteiger partial charge in [-0.15, -0.1) is 0 Å². The van der Waals surface area contributed by atoms with Gasteiger partial charge in [-0.05, 0) is 36.2 Å². The Bertz CT molecular complexity index is 1340. The van der Waals surface area contributed by atoms with Crippen molar-refractivity contribution in [3.63, 3.8) is 0 Å². The van der Waals surface area contributed by atoms with Gasteiger partial charge < -0.3 is 4.74 Å². The van der Waals surface area contributed by atoms with Gasteiger partial charge in [-0.2, -0.15) is 23.4 Å². The average molecular weight is 446 g/mol. The van der Waals surface area contributed by atoms with Gasteiger partial charge in [-0.25, -0.2) is 9.18 Å². The van der Waals surface area contributed by atoms with Crippen LogP contribution in [-0.2, 0) is 24.5 Å². The van der Waals surface area contributed by atoms with E-state index in [1.165, 1.54) is 24.4 Å². The molecule has 0 aliphatic carbocycles. The fraction of sp³-hybridized carbons (Fsp3) is 0.227. The number of aromatic nitrogens is 4. The maximum atomic E-state index is 14.7. The molecule has 4 rings (SSSR count). The number of methoxy groups -OCH3 is 1. The first-order valence-corrected chi connectivity index (χ1v) is 9.53. The number of esters is 1. The summed E-state index contributed by atoms with van der Waals surface area (Å²) in [7, 11) is 2.82. The van der Waals surface area contributed by atoms with Crippen LogP contribution >= 0.6 is 0 Å². The molecule has 2 aromatic heterocycles. The van der Waals surface area contributed by atoms with Crippen LogP contribution in [0.1, 0.15) is 27.2 Å². The Morgan fingerprint density at radius 1 is 1.19 bits per heavy atom. The summed E-state index contributed by atoms with van der Waals surface area (Å²) >= 11 is 0. The number of halogens is 4. The molecule has 4 aromatic rings. The van der Waals surface area contributed by atoms with Crippen LogP contribution in [0.25, 0.3) is 22.0 Å². The lowest BCUT2D eigenvalue weighted by Crippen LogP contribution is -2.11. The molecule has 0 N–H and O–H groups in total. The number of hydrogen-bond donors (Lipinski definition) is 0. The Morgan fingerprint density at radius 3 is 2.62 bits per heavy atom. The summed E-state index contributed by atoms with van der Waals surface area (Å²) in [4.78, 5) is 11.7. The smallest absolute Gasteiger partial charge is 0.435 e. The van der Waals surface area contributed by atoms with Gasteiger partial charge in [0.2, 0.25) is 0 Å². The van der Waals surface area contributed by atoms with Crippen molar-refractivity contribution in [2.24, 2.45) is 7.05 Å². The van der Waals surface area contributed by atoms with Crippen LogP contribution in [0.5, 0.6) is 0 Å². The topological polar surface area (TPSA) is 61.9 Å². The Balaban J connectivity index is 1.82. The van der Waals surface area contributed by atoms with Crippen molar-refractivity contribution in [2.45, 2.75) is 19.6 Å². The standard InChI is InChI=1S/C22H18F4N4O2/c1-12-7-14-9-27-29(2)18(14)8-16(12)17-11-30(28-20(17)22(24,25)26)10-13-5-4-6-15(19(13)23)21(31)32-3/h4-9,11H,10H2,1-3H3. The minimum absolute atomic E-state index is 0.00878. The molecule has 0 radical (unpaired) electrons. The molecule has 0 aliphatic rings. The van der Waals surface area contributed by atoms with Crippen LogP contribution in [-0.4, -0.2) is 32.6 Å². The maximum absolute atomic E-state index is 14.7. The van der Waals surface area contributed by atoms with Crippen LogP contribution in [0, 0.1) is 12.7 Å². The number of carbonyl (C=O) groups is 1. The van der Waals surface area contributed by atoms with Gasteiger partial charge >= 0.3 is 12.1 Å². The van der Waals surface area contributed by atoms with Crippen LogP contribution < -0.4 is 0 Å². The summed E-state index contributed by atoms with van der Waals surface area (Å²) in [6.45, 7) is 1.41. The number of nitrogens with zero attached hydrogens (tertiary/aromatic N) is 4. The molecule has 0 atom stereocenters. The zero-order valence-electron chi connectivity index (χ0n) is 17.4. The van der Waals surface area contributed by atoms with E-state index in [-0.39, 0.29) is 23.2 Å². The van der Waals surface area contributed by atoms with Crippen molar-refractivity contribution in [1.82, 2.24) is 19.6 Å². The summed E-state index contributed by atoms with van der Waals surface area (Å²) in [5.41, 5.74) is 0.149. The fourth-order valence-electron chi connectivity index (χ4n) is 3.66. The number of rotatable bonds is 4. The molecule has 6 nitrogen and oxygen atoms in total. The quantitative estimate of drug-likeness (QED) is 0.336. The molecule has 0 saturated heterocycles. The zero-order valence-corrected chi connectivity index (χ0v) is 17.4. The molecule has 0 aliphatic heterocycles. The first kappa shape index (κ1) is 21.5. The van der Waals surface area contributed by atoms with Crippen LogP contribution in [0.4, 0.5) is 17.6 Å². The number of benzene rings is 2. The number of hydrogen-bond acceptors (Lipinski definition) is 4. The molecule has 0 fully saturated rings. The van der Waals surface area contributed by atoms with E-state index < -0.39 is 23.7 Å². The van der Waals surface area contributed by atoms with Crippen molar-refractivity contribution in [3.05, 3.63) is 70.9 Å². The number of aryl methyl sites for hydroxylation is 2.